The third-order valence-corrected chi connectivity index (χ3v) is 5.96. The Balaban J connectivity index is 2.22. The maximum absolute atomic E-state index is 13.3. The molecule has 1 saturated heterocycles. The van der Waals surface area contributed by atoms with Gasteiger partial charge in [0, 0.05) is 19.2 Å². The molecule has 9 heteroatoms. The quantitative estimate of drug-likeness (QED) is 0.286. The number of amides is 1. The largest absolute Gasteiger partial charge is 0.507 e. The van der Waals surface area contributed by atoms with E-state index in [4.69, 9.17) is 18.9 Å². The molecule has 0 bridgehead atoms. The van der Waals surface area contributed by atoms with Gasteiger partial charge in [-0.05, 0) is 50.3 Å². The van der Waals surface area contributed by atoms with E-state index in [0.717, 1.165) is 6.42 Å². The van der Waals surface area contributed by atoms with E-state index in [1.54, 1.807) is 43.5 Å². The fourth-order valence-electron chi connectivity index (χ4n) is 4.09. The van der Waals surface area contributed by atoms with Crippen molar-refractivity contribution in [3.63, 3.8) is 0 Å². The number of aliphatic hydroxyl groups is 1. The molecule has 1 fully saturated rings. The van der Waals surface area contributed by atoms with Crippen molar-refractivity contribution in [1.29, 1.82) is 0 Å². The summed E-state index contributed by atoms with van der Waals surface area (Å²) in [5, 5.41) is 11.4. The van der Waals surface area contributed by atoms with Crippen LogP contribution < -0.4 is 18.9 Å². The van der Waals surface area contributed by atoms with E-state index in [-0.39, 0.29) is 23.4 Å². The molecule has 1 unspecified atom stereocenters. The van der Waals surface area contributed by atoms with Gasteiger partial charge in [0.2, 0.25) is 0 Å². The molecule has 0 radical (unpaired) electrons. The van der Waals surface area contributed by atoms with E-state index in [9.17, 15) is 14.7 Å². The Labute approximate surface area is 211 Å². The molecule has 0 aliphatic carbocycles. The van der Waals surface area contributed by atoms with Crippen LogP contribution in [0.1, 0.15) is 30.5 Å². The molecule has 1 N–H and O–H groups in total. The molecular formula is C27H34N2O7. The van der Waals surface area contributed by atoms with Crippen LogP contribution in [0.25, 0.3) is 5.76 Å². The van der Waals surface area contributed by atoms with Crippen LogP contribution in [-0.2, 0) is 9.59 Å². The van der Waals surface area contributed by atoms with Crippen LogP contribution >= 0.6 is 0 Å². The van der Waals surface area contributed by atoms with Gasteiger partial charge >= 0.3 is 0 Å². The van der Waals surface area contributed by atoms with Gasteiger partial charge in [-0.3, -0.25) is 9.59 Å². The molecule has 9 nitrogen and oxygen atoms in total. The molecule has 2 aromatic rings. The summed E-state index contributed by atoms with van der Waals surface area (Å²) in [6, 6.07) is 9.30. The molecule has 0 saturated carbocycles. The fourth-order valence-corrected chi connectivity index (χ4v) is 4.09. The highest BCUT2D eigenvalue weighted by atomic mass is 16.5. The van der Waals surface area contributed by atoms with Gasteiger partial charge in [-0.15, -0.1) is 0 Å². The number of ketones is 1. The van der Waals surface area contributed by atoms with Crippen LogP contribution in [0, 0.1) is 0 Å². The Morgan fingerprint density at radius 3 is 2.31 bits per heavy atom. The monoisotopic (exact) mass is 498 g/mol. The zero-order valence-corrected chi connectivity index (χ0v) is 21.7. The van der Waals surface area contributed by atoms with Gasteiger partial charge in [-0.25, -0.2) is 0 Å². The minimum Gasteiger partial charge on any atom is -0.507 e. The summed E-state index contributed by atoms with van der Waals surface area (Å²) >= 11 is 0. The van der Waals surface area contributed by atoms with Crippen molar-refractivity contribution in [1.82, 2.24) is 9.80 Å². The number of hydrogen-bond acceptors (Lipinski definition) is 8. The second kappa shape index (κ2) is 11.8. The van der Waals surface area contributed by atoms with Gasteiger partial charge in [-0.2, -0.15) is 0 Å². The van der Waals surface area contributed by atoms with Crippen LogP contribution in [0.4, 0.5) is 0 Å². The first-order valence-corrected chi connectivity index (χ1v) is 11.7. The second-order valence-electron chi connectivity index (χ2n) is 8.62. The number of ether oxygens (including phenoxy) is 4. The Bertz CT molecular complexity index is 1140. The molecule has 0 spiro atoms. The Morgan fingerprint density at radius 1 is 0.972 bits per heavy atom. The standard InChI is InChI=1S/C27H34N2O7/c1-7-14-36-22-15-17(8-11-20(22)34-5)24-23(26(31)27(32)29(24)13-12-28(2)3)25(30)19-10-9-18(33-4)16-21(19)35-6/h8-11,15-16,24,30H,7,12-14H2,1-6H3/b25-23+. The van der Waals surface area contributed by atoms with Crippen molar-refractivity contribution >= 4 is 17.4 Å². The minimum absolute atomic E-state index is 0.0196. The molecular weight excluding hydrogens is 464 g/mol. The Hall–Kier alpha value is -3.72. The number of carbonyl (C=O) groups excluding carboxylic acids is 2. The highest BCUT2D eigenvalue weighted by molar-refractivity contribution is 6.46. The zero-order valence-electron chi connectivity index (χ0n) is 21.7. The second-order valence-corrected chi connectivity index (χ2v) is 8.62. The third-order valence-electron chi connectivity index (χ3n) is 5.96. The molecule has 1 aliphatic rings. The lowest BCUT2D eigenvalue weighted by Crippen LogP contribution is -2.35. The summed E-state index contributed by atoms with van der Waals surface area (Å²) in [7, 11) is 8.30. The van der Waals surface area contributed by atoms with Gasteiger partial charge < -0.3 is 33.9 Å². The van der Waals surface area contributed by atoms with Crippen molar-refractivity contribution in [2.75, 3.05) is 55.1 Å². The predicted octanol–water partition coefficient (Wildman–Crippen LogP) is 3.48. The third kappa shape index (κ3) is 5.41. The molecule has 2 aromatic carbocycles. The lowest BCUT2D eigenvalue weighted by atomic mass is 9.94. The maximum Gasteiger partial charge on any atom is 0.295 e. The number of likely N-dealkylation sites (N-methyl/N-ethyl adjacent to an activating group) is 1. The minimum atomic E-state index is -0.827. The summed E-state index contributed by atoms with van der Waals surface area (Å²) in [6.45, 7) is 3.29. The number of benzene rings is 2. The maximum atomic E-state index is 13.3. The Morgan fingerprint density at radius 2 is 1.69 bits per heavy atom. The first-order valence-electron chi connectivity index (χ1n) is 11.7. The van der Waals surface area contributed by atoms with E-state index in [0.29, 0.717) is 41.7 Å². The van der Waals surface area contributed by atoms with E-state index in [2.05, 4.69) is 0 Å². The number of hydrogen-bond donors (Lipinski definition) is 1. The van der Waals surface area contributed by atoms with Gasteiger partial charge in [0.15, 0.2) is 11.5 Å². The van der Waals surface area contributed by atoms with Crippen LogP contribution in [0.2, 0.25) is 0 Å². The van der Waals surface area contributed by atoms with Crippen LogP contribution in [0.15, 0.2) is 42.0 Å². The topological polar surface area (TPSA) is 97.8 Å². The molecule has 1 amide bonds. The van der Waals surface area contributed by atoms with Crippen molar-refractivity contribution in [2.45, 2.75) is 19.4 Å². The lowest BCUT2D eigenvalue weighted by molar-refractivity contribution is -0.140. The molecule has 0 aromatic heterocycles. The number of carbonyl (C=O) groups is 2. The first-order chi connectivity index (χ1) is 17.3. The fraction of sp³-hybridized carbons (Fsp3) is 0.407. The summed E-state index contributed by atoms with van der Waals surface area (Å²) in [5.74, 6) is 0.109. The summed E-state index contributed by atoms with van der Waals surface area (Å²) < 4.78 is 22.0. The van der Waals surface area contributed by atoms with Crippen LogP contribution in [0.3, 0.4) is 0 Å². The van der Waals surface area contributed by atoms with Crippen molar-refractivity contribution in [3.8, 4) is 23.0 Å². The molecule has 3 rings (SSSR count). The number of likely N-dealkylation sites (tertiary alicyclic amines) is 1. The van der Waals surface area contributed by atoms with E-state index in [1.165, 1.54) is 19.1 Å². The smallest absolute Gasteiger partial charge is 0.295 e. The van der Waals surface area contributed by atoms with Gasteiger partial charge in [-0.1, -0.05) is 13.0 Å². The Kier molecular flexibility index (Phi) is 8.82. The highest BCUT2D eigenvalue weighted by Gasteiger charge is 2.46. The molecule has 1 heterocycles. The summed E-state index contributed by atoms with van der Waals surface area (Å²) in [4.78, 5) is 29.9. The lowest BCUT2D eigenvalue weighted by Gasteiger charge is -2.27. The summed E-state index contributed by atoms with van der Waals surface area (Å²) in [5.41, 5.74) is 0.882. The van der Waals surface area contributed by atoms with E-state index < -0.39 is 17.7 Å². The molecule has 1 aliphatic heterocycles. The SMILES string of the molecule is CCCOc1cc(C2/C(=C(\O)c3ccc(OC)cc3OC)C(=O)C(=O)N2CCN(C)C)ccc1OC. The highest BCUT2D eigenvalue weighted by Crippen LogP contribution is 2.43. The van der Waals surface area contributed by atoms with Crippen molar-refractivity contribution in [2.24, 2.45) is 0 Å². The number of methoxy groups -OCH3 is 3. The summed E-state index contributed by atoms with van der Waals surface area (Å²) in [6.07, 6.45) is 0.798. The predicted molar refractivity (Wildman–Crippen MR) is 136 cm³/mol. The van der Waals surface area contributed by atoms with Gasteiger partial charge in [0.25, 0.3) is 11.7 Å². The molecule has 36 heavy (non-hydrogen) atoms. The molecule has 1 atom stereocenters. The number of aliphatic hydroxyl groups excluding tert-OH is 1. The van der Waals surface area contributed by atoms with Crippen LogP contribution in [0.5, 0.6) is 23.0 Å². The average Bonchev–Trinajstić information content (AvgIpc) is 3.14. The normalized spacial score (nSPS) is 17.0. The zero-order chi connectivity index (χ0) is 26.4. The number of Topliss-reactive ketones (excluding diaryl/α,β-unsaturated/α-hetero) is 1. The van der Waals surface area contributed by atoms with E-state index in [1.807, 2.05) is 25.9 Å². The first kappa shape index (κ1) is 26.9. The van der Waals surface area contributed by atoms with Crippen molar-refractivity contribution < 1.29 is 33.6 Å². The van der Waals surface area contributed by atoms with E-state index >= 15 is 0 Å². The van der Waals surface area contributed by atoms with Crippen molar-refractivity contribution in [3.05, 3.63) is 53.1 Å². The van der Waals surface area contributed by atoms with Gasteiger partial charge in [0.1, 0.15) is 17.3 Å². The molecule has 194 valence electrons. The van der Waals surface area contributed by atoms with Gasteiger partial charge in [0.05, 0.1) is 45.1 Å². The average molecular weight is 499 g/mol. The number of rotatable bonds is 11. The number of nitrogens with zero attached hydrogens (tertiary/aromatic N) is 2. The van der Waals surface area contributed by atoms with Crippen LogP contribution in [-0.4, -0.2) is 81.7 Å².